The maximum atomic E-state index is 13.5. The molecule has 1 saturated heterocycles. The van der Waals surface area contributed by atoms with E-state index in [4.69, 9.17) is 11.6 Å². The molecule has 1 heterocycles. The molecule has 0 bridgehead atoms. The van der Waals surface area contributed by atoms with Gasteiger partial charge in [0.05, 0.1) is 5.56 Å². The number of aliphatic carboxylic acids is 1. The Bertz CT molecular complexity index is 532. The second kappa shape index (κ2) is 5.38. The number of rotatable bonds is 3. The molecule has 1 fully saturated rings. The molecule has 1 aliphatic heterocycles. The van der Waals surface area contributed by atoms with E-state index in [1.54, 1.807) is 0 Å². The zero-order chi connectivity index (χ0) is 14.0. The predicted octanol–water partition coefficient (Wildman–Crippen LogP) is 2.17. The summed E-state index contributed by atoms with van der Waals surface area (Å²) in [4.78, 5) is 23.3. The topological polar surface area (TPSA) is 66.4 Å². The lowest BCUT2D eigenvalue weighted by atomic mass is 9.98. The number of carboxylic acid groups (broad SMARTS) is 1. The third kappa shape index (κ3) is 2.84. The summed E-state index contributed by atoms with van der Waals surface area (Å²) >= 11 is 7.15. The minimum absolute atomic E-state index is 0.219. The predicted molar refractivity (Wildman–Crippen MR) is 71.2 cm³/mol. The molecule has 0 aromatic heterocycles. The van der Waals surface area contributed by atoms with Gasteiger partial charge in [-0.1, -0.05) is 11.6 Å². The number of halogens is 2. The molecule has 2 N–H and O–H groups in total. The fourth-order valence-electron chi connectivity index (χ4n) is 1.84. The van der Waals surface area contributed by atoms with E-state index in [0.717, 1.165) is 6.07 Å². The Morgan fingerprint density at radius 1 is 1.47 bits per heavy atom. The Morgan fingerprint density at radius 3 is 2.79 bits per heavy atom. The number of hydrogen-bond donors (Lipinski definition) is 2. The quantitative estimate of drug-likeness (QED) is 0.898. The molecule has 102 valence electrons. The van der Waals surface area contributed by atoms with Gasteiger partial charge in [-0.15, -0.1) is 0 Å². The van der Waals surface area contributed by atoms with Gasteiger partial charge < -0.3 is 10.4 Å². The fourth-order valence-corrected chi connectivity index (χ4v) is 3.34. The van der Waals surface area contributed by atoms with Gasteiger partial charge in [0.2, 0.25) is 0 Å². The highest BCUT2D eigenvalue weighted by Gasteiger charge is 2.43. The number of carbonyl (C=O) groups is 2. The smallest absolute Gasteiger partial charge is 0.330 e. The number of amides is 1. The molecule has 1 aromatic carbocycles. The van der Waals surface area contributed by atoms with Crippen molar-refractivity contribution in [3.8, 4) is 0 Å². The molecule has 0 unspecified atom stereocenters. The van der Waals surface area contributed by atoms with E-state index in [0.29, 0.717) is 12.2 Å². The van der Waals surface area contributed by atoms with E-state index < -0.39 is 23.2 Å². The fraction of sp³-hybridized carbons (Fsp3) is 0.333. The number of thioether (sulfide) groups is 1. The highest BCUT2D eigenvalue weighted by atomic mass is 35.5. The van der Waals surface area contributed by atoms with Crippen molar-refractivity contribution in [1.29, 1.82) is 0 Å². The van der Waals surface area contributed by atoms with Crippen LogP contribution in [0.5, 0.6) is 0 Å². The standard InChI is InChI=1S/C12H11ClFNO3S/c13-7-1-2-9(14)8(5-7)10(16)15-12(11(17)18)3-4-19-6-12/h1-2,5H,3-4,6H2,(H,15,16)(H,17,18)/t12-/m0/s1. The largest absolute Gasteiger partial charge is 0.479 e. The van der Waals surface area contributed by atoms with Crippen molar-refractivity contribution in [1.82, 2.24) is 5.32 Å². The molecule has 0 spiro atoms. The van der Waals surface area contributed by atoms with Crippen molar-refractivity contribution < 1.29 is 19.1 Å². The maximum absolute atomic E-state index is 13.5. The van der Waals surface area contributed by atoms with Crippen LogP contribution in [0.3, 0.4) is 0 Å². The molecular weight excluding hydrogens is 293 g/mol. The van der Waals surface area contributed by atoms with Crippen LogP contribution >= 0.6 is 23.4 Å². The van der Waals surface area contributed by atoms with E-state index in [2.05, 4.69) is 5.32 Å². The summed E-state index contributed by atoms with van der Waals surface area (Å²) in [6.07, 6.45) is 0.320. The molecule has 0 radical (unpaired) electrons. The number of nitrogens with one attached hydrogen (secondary N) is 1. The Balaban J connectivity index is 2.25. The minimum Gasteiger partial charge on any atom is -0.479 e. The molecule has 1 amide bonds. The summed E-state index contributed by atoms with van der Waals surface area (Å²) in [6.45, 7) is 0. The third-order valence-corrected chi connectivity index (χ3v) is 4.38. The first-order valence-corrected chi connectivity index (χ1v) is 7.06. The third-order valence-electron chi connectivity index (χ3n) is 2.96. The Hall–Kier alpha value is -1.27. The van der Waals surface area contributed by atoms with Crippen LogP contribution in [0.2, 0.25) is 5.02 Å². The average Bonchev–Trinajstić information content (AvgIpc) is 2.82. The van der Waals surface area contributed by atoms with Crippen LogP contribution in [0.25, 0.3) is 0 Å². The lowest BCUT2D eigenvalue weighted by Crippen LogP contribution is -2.54. The second-order valence-corrected chi connectivity index (χ2v) is 5.81. The molecule has 1 aliphatic rings. The van der Waals surface area contributed by atoms with Crippen molar-refractivity contribution in [2.75, 3.05) is 11.5 Å². The second-order valence-electron chi connectivity index (χ2n) is 4.27. The molecule has 7 heteroatoms. The summed E-state index contributed by atoms with van der Waals surface area (Å²) in [5, 5.41) is 11.9. The first-order valence-electron chi connectivity index (χ1n) is 5.53. The van der Waals surface area contributed by atoms with E-state index in [1.165, 1.54) is 23.9 Å². The van der Waals surface area contributed by atoms with Crippen LogP contribution in [0.4, 0.5) is 4.39 Å². The van der Waals surface area contributed by atoms with Crippen molar-refractivity contribution in [2.45, 2.75) is 12.0 Å². The molecule has 2 rings (SSSR count). The van der Waals surface area contributed by atoms with Crippen molar-refractivity contribution in [2.24, 2.45) is 0 Å². The van der Waals surface area contributed by atoms with Crippen LogP contribution in [-0.4, -0.2) is 34.0 Å². The summed E-state index contributed by atoms with van der Waals surface area (Å²) < 4.78 is 13.5. The van der Waals surface area contributed by atoms with Crippen molar-refractivity contribution >= 4 is 35.2 Å². The van der Waals surface area contributed by atoms with Gasteiger partial charge in [-0.2, -0.15) is 11.8 Å². The van der Waals surface area contributed by atoms with E-state index in [9.17, 15) is 19.1 Å². The number of carbonyl (C=O) groups excluding carboxylic acids is 1. The van der Waals surface area contributed by atoms with Gasteiger partial charge in [-0.25, -0.2) is 9.18 Å². The van der Waals surface area contributed by atoms with E-state index >= 15 is 0 Å². The lowest BCUT2D eigenvalue weighted by Gasteiger charge is -2.24. The molecule has 1 atom stereocenters. The van der Waals surface area contributed by atoms with Gasteiger partial charge in [-0.05, 0) is 30.4 Å². The summed E-state index contributed by atoms with van der Waals surface area (Å²) in [5.74, 6) is -1.67. The van der Waals surface area contributed by atoms with Crippen LogP contribution in [0.15, 0.2) is 18.2 Å². The van der Waals surface area contributed by atoms with Crippen LogP contribution in [0.1, 0.15) is 16.8 Å². The first kappa shape index (κ1) is 14.1. The Morgan fingerprint density at radius 2 is 2.21 bits per heavy atom. The van der Waals surface area contributed by atoms with E-state index in [1.807, 2.05) is 0 Å². The van der Waals surface area contributed by atoms with Gasteiger partial charge in [0.1, 0.15) is 11.4 Å². The normalized spacial score (nSPS) is 22.2. The van der Waals surface area contributed by atoms with Crippen LogP contribution in [-0.2, 0) is 4.79 Å². The van der Waals surface area contributed by atoms with Gasteiger partial charge in [0, 0.05) is 10.8 Å². The summed E-state index contributed by atoms with van der Waals surface area (Å²) in [6, 6.07) is 3.59. The SMILES string of the molecule is O=C(N[C@@]1(C(=O)O)CCSC1)c1cc(Cl)ccc1F. The van der Waals surface area contributed by atoms with Crippen molar-refractivity contribution in [3.05, 3.63) is 34.6 Å². The van der Waals surface area contributed by atoms with Crippen LogP contribution in [0, 0.1) is 5.82 Å². The Kier molecular flexibility index (Phi) is 4.01. The van der Waals surface area contributed by atoms with E-state index in [-0.39, 0.29) is 16.3 Å². The average molecular weight is 304 g/mol. The highest BCUT2D eigenvalue weighted by molar-refractivity contribution is 7.99. The highest BCUT2D eigenvalue weighted by Crippen LogP contribution is 2.29. The van der Waals surface area contributed by atoms with Crippen LogP contribution < -0.4 is 5.32 Å². The zero-order valence-electron chi connectivity index (χ0n) is 9.78. The van der Waals surface area contributed by atoms with Gasteiger partial charge in [-0.3, -0.25) is 4.79 Å². The molecular formula is C12H11ClFNO3S. The maximum Gasteiger partial charge on any atom is 0.330 e. The van der Waals surface area contributed by atoms with Gasteiger partial charge >= 0.3 is 5.97 Å². The zero-order valence-corrected chi connectivity index (χ0v) is 11.4. The molecule has 1 aromatic rings. The first-order chi connectivity index (χ1) is 8.94. The molecule has 4 nitrogen and oxygen atoms in total. The molecule has 0 aliphatic carbocycles. The van der Waals surface area contributed by atoms with Crippen molar-refractivity contribution in [3.63, 3.8) is 0 Å². The number of carboxylic acids is 1. The lowest BCUT2D eigenvalue weighted by molar-refractivity contribution is -0.143. The number of hydrogen-bond acceptors (Lipinski definition) is 3. The minimum atomic E-state index is -1.32. The molecule has 19 heavy (non-hydrogen) atoms. The number of benzene rings is 1. The molecule has 0 saturated carbocycles. The summed E-state index contributed by atoms with van der Waals surface area (Å²) in [5.41, 5.74) is -1.57. The van der Waals surface area contributed by atoms with Gasteiger partial charge in [0.15, 0.2) is 0 Å². The Labute approximate surface area is 118 Å². The monoisotopic (exact) mass is 303 g/mol. The van der Waals surface area contributed by atoms with Gasteiger partial charge in [0.25, 0.3) is 5.91 Å². The summed E-state index contributed by atoms with van der Waals surface area (Å²) in [7, 11) is 0.